The van der Waals surface area contributed by atoms with Gasteiger partial charge in [0, 0.05) is 19.1 Å². The molecule has 100 valence electrons. The molecule has 2 heterocycles. The molecule has 2 aromatic rings. The maximum atomic E-state index is 5.99. The van der Waals surface area contributed by atoms with Gasteiger partial charge in [-0.2, -0.15) is 11.3 Å². The number of benzene rings is 1. The van der Waals surface area contributed by atoms with Gasteiger partial charge in [0.25, 0.3) is 0 Å². The topological polar surface area (TPSA) is 29.3 Å². The van der Waals surface area contributed by atoms with Crippen LogP contribution in [-0.4, -0.2) is 24.5 Å². The molecule has 1 fully saturated rings. The van der Waals surface area contributed by atoms with Crippen molar-refractivity contribution >= 4 is 11.3 Å². The van der Waals surface area contributed by atoms with E-state index in [0.29, 0.717) is 18.5 Å². The third-order valence-electron chi connectivity index (χ3n) is 4.08. The summed E-state index contributed by atoms with van der Waals surface area (Å²) in [5.74, 6) is 0.661. The zero-order valence-electron chi connectivity index (χ0n) is 11.0. The van der Waals surface area contributed by atoms with E-state index in [1.54, 1.807) is 11.3 Å². The second kappa shape index (κ2) is 5.87. The molecule has 0 spiro atoms. The van der Waals surface area contributed by atoms with E-state index >= 15 is 0 Å². The van der Waals surface area contributed by atoms with Crippen molar-refractivity contribution in [3.63, 3.8) is 0 Å². The van der Waals surface area contributed by atoms with E-state index < -0.39 is 0 Å². The summed E-state index contributed by atoms with van der Waals surface area (Å²) < 4.78 is 0. The van der Waals surface area contributed by atoms with Crippen molar-refractivity contribution in [3.05, 3.63) is 58.3 Å². The molecular formula is C16H20N2S. The van der Waals surface area contributed by atoms with E-state index in [0.717, 1.165) is 13.1 Å². The molecule has 3 heteroatoms. The van der Waals surface area contributed by atoms with Crippen molar-refractivity contribution in [2.24, 2.45) is 5.73 Å². The molecule has 1 aliphatic heterocycles. The normalized spacial score (nSPS) is 21.6. The summed E-state index contributed by atoms with van der Waals surface area (Å²) in [4.78, 5) is 2.54. The SMILES string of the molecule is NCC(c1ccsc1)N1CCC(c2ccccc2)C1. The Labute approximate surface area is 118 Å². The van der Waals surface area contributed by atoms with Gasteiger partial charge in [0.2, 0.25) is 0 Å². The predicted octanol–water partition coefficient (Wildman–Crippen LogP) is 3.24. The van der Waals surface area contributed by atoms with Crippen LogP contribution in [0.2, 0.25) is 0 Å². The van der Waals surface area contributed by atoms with E-state index in [2.05, 4.69) is 52.1 Å². The smallest absolute Gasteiger partial charge is 0.0478 e. The maximum Gasteiger partial charge on any atom is 0.0478 e. The highest BCUT2D eigenvalue weighted by Gasteiger charge is 2.29. The monoisotopic (exact) mass is 272 g/mol. The van der Waals surface area contributed by atoms with Crippen LogP contribution in [0.3, 0.4) is 0 Å². The Balaban J connectivity index is 1.71. The first-order valence-electron chi connectivity index (χ1n) is 6.89. The highest BCUT2D eigenvalue weighted by Crippen LogP contribution is 2.33. The Morgan fingerprint density at radius 2 is 2.11 bits per heavy atom. The molecule has 1 aliphatic rings. The van der Waals surface area contributed by atoms with Crippen molar-refractivity contribution in [1.29, 1.82) is 0 Å². The van der Waals surface area contributed by atoms with Gasteiger partial charge < -0.3 is 5.73 Å². The summed E-state index contributed by atoms with van der Waals surface area (Å²) in [7, 11) is 0. The third-order valence-corrected chi connectivity index (χ3v) is 4.78. The molecule has 1 aromatic carbocycles. The number of rotatable bonds is 4. The number of nitrogens with two attached hydrogens (primary N) is 1. The molecule has 1 aromatic heterocycles. The Morgan fingerprint density at radius 3 is 2.79 bits per heavy atom. The minimum atomic E-state index is 0.389. The van der Waals surface area contributed by atoms with E-state index in [1.807, 2.05) is 0 Å². The van der Waals surface area contributed by atoms with Crippen molar-refractivity contribution in [3.8, 4) is 0 Å². The van der Waals surface area contributed by atoms with Crippen LogP contribution in [0.25, 0.3) is 0 Å². The second-order valence-electron chi connectivity index (χ2n) is 5.20. The quantitative estimate of drug-likeness (QED) is 0.926. The molecule has 3 rings (SSSR count). The lowest BCUT2D eigenvalue weighted by atomic mass is 9.99. The lowest BCUT2D eigenvalue weighted by molar-refractivity contribution is 0.248. The number of likely N-dealkylation sites (tertiary alicyclic amines) is 1. The highest BCUT2D eigenvalue weighted by atomic mass is 32.1. The van der Waals surface area contributed by atoms with Crippen LogP contribution >= 0.6 is 11.3 Å². The summed E-state index contributed by atoms with van der Waals surface area (Å²) in [6.45, 7) is 2.98. The van der Waals surface area contributed by atoms with Gasteiger partial charge in [-0.3, -0.25) is 4.90 Å². The molecule has 2 N–H and O–H groups in total. The summed E-state index contributed by atoms with van der Waals surface area (Å²) in [6.07, 6.45) is 1.24. The van der Waals surface area contributed by atoms with Gasteiger partial charge in [-0.05, 0) is 46.8 Å². The highest BCUT2D eigenvalue weighted by molar-refractivity contribution is 7.07. The maximum absolute atomic E-state index is 5.99. The average Bonchev–Trinajstić information content (AvgIpc) is 3.12. The van der Waals surface area contributed by atoms with Crippen LogP contribution in [-0.2, 0) is 0 Å². The Morgan fingerprint density at radius 1 is 1.26 bits per heavy atom. The Kier molecular flexibility index (Phi) is 3.97. The predicted molar refractivity (Wildman–Crippen MR) is 81.5 cm³/mol. The lowest BCUT2D eigenvalue weighted by Gasteiger charge is -2.26. The largest absolute Gasteiger partial charge is 0.329 e. The number of hydrogen-bond acceptors (Lipinski definition) is 3. The lowest BCUT2D eigenvalue weighted by Crippen LogP contribution is -2.31. The fourth-order valence-corrected chi connectivity index (χ4v) is 3.74. The first-order chi connectivity index (χ1) is 9.38. The Hall–Kier alpha value is -1.16. The number of nitrogens with zero attached hydrogens (tertiary/aromatic N) is 1. The third kappa shape index (κ3) is 2.73. The summed E-state index contributed by atoms with van der Waals surface area (Å²) in [6, 6.07) is 13.4. The zero-order valence-corrected chi connectivity index (χ0v) is 11.9. The average molecular weight is 272 g/mol. The van der Waals surface area contributed by atoms with E-state index in [9.17, 15) is 0 Å². The Bertz CT molecular complexity index is 495. The standard InChI is InChI=1S/C16H20N2S/c17-10-16(15-7-9-19-12-15)18-8-6-14(11-18)13-4-2-1-3-5-13/h1-5,7,9,12,14,16H,6,8,10-11,17H2. The molecule has 0 amide bonds. The molecule has 2 nitrogen and oxygen atoms in total. The summed E-state index contributed by atoms with van der Waals surface area (Å²) in [5, 5.41) is 4.37. The van der Waals surface area contributed by atoms with Gasteiger partial charge in [-0.15, -0.1) is 0 Å². The van der Waals surface area contributed by atoms with Gasteiger partial charge in [-0.1, -0.05) is 30.3 Å². The van der Waals surface area contributed by atoms with Crippen LogP contribution in [0.1, 0.15) is 29.5 Å². The van der Waals surface area contributed by atoms with Gasteiger partial charge in [0.15, 0.2) is 0 Å². The molecule has 0 bridgehead atoms. The van der Waals surface area contributed by atoms with E-state index in [1.165, 1.54) is 17.5 Å². The summed E-state index contributed by atoms with van der Waals surface area (Å²) in [5.41, 5.74) is 8.83. The minimum Gasteiger partial charge on any atom is -0.329 e. The minimum absolute atomic E-state index is 0.389. The molecule has 2 unspecified atom stereocenters. The van der Waals surface area contributed by atoms with Gasteiger partial charge >= 0.3 is 0 Å². The van der Waals surface area contributed by atoms with Gasteiger partial charge in [0.05, 0.1) is 0 Å². The molecule has 2 atom stereocenters. The molecule has 1 saturated heterocycles. The van der Waals surface area contributed by atoms with Crippen LogP contribution in [0.4, 0.5) is 0 Å². The van der Waals surface area contributed by atoms with Crippen molar-refractivity contribution in [1.82, 2.24) is 4.90 Å². The molecule has 0 radical (unpaired) electrons. The zero-order chi connectivity index (χ0) is 13.1. The second-order valence-corrected chi connectivity index (χ2v) is 5.98. The van der Waals surface area contributed by atoms with Crippen molar-refractivity contribution in [2.45, 2.75) is 18.4 Å². The van der Waals surface area contributed by atoms with Crippen molar-refractivity contribution in [2.75, 3.05) is 19.6 Å². The fraction of sp³-hybridized carbons (Fsp3) is 0.375. The summed E-state index contributed by atoms with van der Waals surface area (Å²) >= 11 is 1.76. The van der Waals surface area contributed by atoms with Gasteiger partial charge in [-0.25, -0.2) is 0 Å². The van der Waals surface area contributed by atoms with E-state index in [-0.39, 0.29) is 0 Å². The van der Waals surface area contributed by atoms with Crippen LogP contribution in [0.15, 0.2) is 47.2 Å². The molecular weight excluding hydrogens is 252 g/mol. The van der Waals surface area contributed by atoms with Crippen molar-refractivity contribution < 1.29 is 0 Å². The molecule has 0 aliphatic carbocycles. The molecule has 0 saturated carbocycles. The van der Waals surface area contributed by atoms with Crippen LogP contribution in [0.5, 0.6) is 0 Å². The van der Waals surface area contributed by atoms with Crippen LogP contribution in [0, 0.1) is 0 Å². The first-order valence-corrected chi connectivity index (χ1v) is 7.84. The number of thiophene rings is 1. The molecule has 19 heavy (non-hydrogen) atoms. The fourth-order valence-electron chi connectivity index (χ4n) is 3.03. The van der Waals surface area contributed by atoms with Crippen LogP contribution < -0.4 is 5.73 Å². The first kappa shape index (κ1) is 12.9. The number of hydrogen-bond donors (Lipinski definition) is 1. The van der Waals surface area contributed by atoms with E-state index in [4.69, 9.17) is 5.73 Å². The van der Waals surface area contributed by atoms with Gasteiger partial charge in [0.1, 0.15) is 0 Å².